The molecule has 0 N–H and O–H groups in total. The predicted molar refractivity (Wildman–Crippen MR) is 37.7 cm³/mol. The zero-order valence-corrected chi connectivity index (χ0v) is 7.31. The minimum atomic E-state index is 0. The maximum Gasteiger partial charge on any atom is 0.174 e. The number of rotatable bonds is 4. The molecule has 0 heterocycles. The van der Waals surface area contributed by atoms with Crippen molar-refractivity contribution in [2.75, 3.05) is 13.1 Å². The van der Waals surface area contributed by atoms with E-state index in [0.717, 1.165) is 13.1 Å². The van der Waals surface area contributed by atoms with Crippen LogP contribution in [0.4, 0.5) is 0 Å². The van der Waals surface area contributed by atoms with E-state index in [0.29, 0.717) is 0 Å². The number of hydrogen-bond donors (Lipinski definition) is 0. The van der Waals surface area contributed by atoms with Crippen molar-refractivity contribution in [2.45, 2.75) is 13.8 Å². The normalized spacial score (nSPS) is 8.33. The van der Waals surface area contributed by atoms with E-state index in [1.165, 1.54) is 5.55 Å². The Kier molecular flexibility index (Phi) is 11.2. The first-order valence-corrected chi connectivity index (χ1v) is 3.17. The van der Waals surface area contributed by atoms with E-state index in [1.54, 1.807) is 5.06 Å². The van der Waals surface area contributed by atoms with Gasteiger partial charge in [0.25, 0.3) is 0 Å². The molecule has 0 unspecified atom stereocenters. The standard InChI is InChI=1S/C5H11NOS.Cu/c1-3-6(4-2)7-5-8;/h5H,3-4H2,1-2H3;. The van der Waals surface area contributed by atoms with E-state index in [1.807, 2.05) is 13.8 Å². The third-order valence-electron chi connectivity index (χ3n) is 0.898. The maximum absolute atomic E-state index is 4.86. The molecular formula is C5H11CuNOS. The molecule has 0 aliphatic carbocycles. The van der Waals surface area contributed by atoms with Crippen LogP contribution in [0.3, 0.4) is 0 Å². The van der Waals surface area contributed by atoms with Gasteiger partial charge in [-0.25, -0.2) is 0 Å². The predicted octanol–water partition coefficient (Wildman–Crippen LogP) is 1.21. The first kappa shape index (κ1) is 12.1. The van der Waals surface area contributed by atoms with Crippen molar-refractivity contribution < 1.29 is 21.9 Å². The Morgan fingerprint density at radius 3 is 2.00 bits per heavy atom. The first-order valence-electron chi connectivity index (χ1n) is 2.70. The third kappa shape index (κ3) is 6.25. The topological polar surface area (TPSA) is 12.5 Å². The maximum atomic E-state index is 4.86. The van der Waals surface area contributed by atoms with Crippen molar-refractivity contribution in [3.05, 3.63) is 0 Å². The van der Waals surface area contributed by atoms with Crippen molar-refractivity contribution in [2.24, 2.45) is 0 Å². The molecule has 0 saturated heterocycles. The summed E-state index contributed by atoms with van der Waals surface area (Å²) in [6, 6.07) is 0. The SMILES string of the molecule is CCN(CC)OC=S.[Cu]. The van der Waals surface area contributed by atoms with Gasteiger partial charge in [-0.3, -0.25) is 0 Å². The van der Waals surface area contributed by atoms with Crippen LogP contribution in [0.15, 0.2) is 0 Å². The van der Waals surface area contributed by atoms with Crippen molar-refractivity contribution in [3.8, 4) is 0 Å². The second-order valence-corrected chi connectivity index (χ2v) is 1.51. The molecule has 59 valence electrons. The zero-order valence-electron chi connectivity index (χ0n) is 5.56. The number of thiocarbonyl (C=S) groups is 1. The minimum absolute atomic E-state index is 0. The van der Waals surface area contributed by atoms with Gasteiger partial charge in [0.15, 0.2) is 5.55 Å². The molecule has 0 aromatic rings. The molecule has 1 radical (unpaired) electrons. The zero-order chi connectivity index (χ0) is 6.41. The molecule has 0 aromatic carbocycles. The average Bonchev–Trinajstić information content (AvgIpc) is 1.83. The van der Waals surface area contributed by atoms with Crippen molar-refractivity contribution in [3.63, 3.8) is 0 Å². The number of nitrogens with zero attached hydrogens (tertiary/aromatic N) is 1. The van der Waals surface area contributed by atoms with Crippen LogP contribution in [0.25, 0.3) is 0 Å². The molecule has 0 aliphatic heterocycles. The van der Waals surface area contributed by atoms with Gasteiger partial charge in [-0.05, 0) is 26.1 Å². The molecule has 0 rings (SSSR count). The van der Waals surface area contributed by atoms with Gasteiger partial charge in [0, 0.05) is 30.2 Å². The Labute approximate surface area is 72.0 Å². The van der Waals surface area contributed by atoms with Gasteiger partial charge < -0.3 is 4.84 Å². The van der Waals surface area contributed by atoms with Crippen LogP contribution in [-0.2, 0) is 21.9 Å². The smallest absolute Gasteiger partial charge is 0.174 e. The van der Waals surface area contributed by atoms with Crippen LogP contribution in [0.2, 0.25) is 0 Å². The molecule has 0 amide bonds. The Balaban J connectivity index is 0. The van der Waals surface area contributed by atoms with E-state index in [2.05, 4.69) is 12.2 Å². The summed E-state index contributed by atoms with van der Waals surface area (Å²) in [7, 11) is 0. The number of hydrogen-bond acceptors (Lipinski definition) is 3. The van der Waals surface area contributed by atoms with Crippen LogP contribution >= 0.6 is 12.2 Å². The molecule has 0 aliphatic rings. The van der Waals surface area contributed by atoms with Gasteiger partial charge in [-0.15, -0.1) is 5.06 Å². The fraction of sp³-hybridized carbons (Fsp3) is 0.800. The average molecular weight is 197 g/mol. The van der Waals surface area contributed by atoms with E-state index >= 15 is 0 Å². The molecular weight excluding hydrogens is 186 g/mol. The largest absolute Gasteiger partial charge is 0.402 e. The summed E-state index contributed by atoms with van der Waals surface area (Å²) in [4.78, 5) is 4.86. The summed E-state index contributed by atoms with van der Waals surface area (Å²) in [5.74, 6) is 0. The van der Waals surface area contributed by atoms with Gasteiger partial charge in [-0.1, -0.05) is 0 Å². The second-order valence-electron chi connectivity index (χ2n) is 1.32. The van der Waals surface area contributed by atoms with Crippen molar-refractivity contribution >= 4 is 17.8 Å². The molecule has 9 heavy (non-hydrogen) atoms. The van der Waals surface area contributed by atoms with Crippen LogP contribution in [0, 0.1) is 0 Å². The second kappa shape index (κ2) is 8.37. The molecule has 0 atom stereocenters. The fourth-order valence-electron chi connectivity index (χ4n) is 0.434. The summed E-state index contributed by atoms with van der Waals surface area (Å²) in [6.07, 6.45) is 0. The van der Waals surface area contributed by atoms with Gasteiger partial charge >= 0.3 is 0 Å². The van der Waals surface area contributed by atoms with Gasteiger partial charge in [0.1, 0.15) is 0 Å². The fourth-order valence-corrected chi connectivity index (χ4v) is 0.555. The van der Waals surface area contributed by atoms with E-state index in [9.17, 15) is 0 Å². The van der Waals surface area contributed by atoms with E-state index in [-0.39, 0.29) is 17.1 Å². The summed E-state index contributed by atoms with van der Waals surface area (Å²) in [6.45, 7) is 5.79. The van der Waals surface area contributed by atoms with Crippen LogP contribution in [0.5, 0.6) is 0 Å². The Hall–Kier alpha value is 0.369. The minimum Gasteiger partial charge on any atom is -0.402 e. The summed E-state index contributed by atoms with van der Waals surface area (Å²) in [5.41, 5.74) is 1.27. The van der Waals surface area contributed by atoms with Crippen molar-refractivity contribution in [1.29, 1.82) is 0 Å². The molecule has 0 fully saturated rings. The van der Waals surface area contributed by atoms with Crippen molar-refractivity contribution in [1.82, 2.24) is 5.06 Å². The Morgan fingerprint density at radius 1 is 1.44 bits per heavy atom. The van der Waals surface area contributed by atoms with E-state index in [4.69, 9.17) is 4.84 Å². The summed E-state index contributed by atoms with van der Waals surface area (Å²) >= 11 is 4.47. The van der Waals surface area contributed by atoms with E-state index < -0.39 is 0 Å². The molecule has 4 heteroatoms. The molecule has 0 bridgehead atoms. The Bertz CT molecular complexity index is 68.0. The van der Waals surface area contributed by atoms with Crippen LogP contribution in [-0.4, -0.2) is 23.7 Å². The monoisotopic (exact) mass is 196 g/mol. The number of hydroxylamine groups is 2. The van der Waals surface area contributed by atoms with Crippen LogP contribution in [0.1, 0.15) is 13.8 Å². The molecule has 0 aromatic heterocycles. The molecule has 2 nitrogen and oxygen atoms in total. The third-order valence-corrected chi connectivity index (χ3v) is 0.984. The first-order chi connectivity index (χ1) is 3.85. The summed E-state index contributed by atoms with van der Waals surface area (Å²) < 4.78 is 0. The Morgan fingerprint density at radius 2 is 1.89 bits per heavy atom. The van der Waals surface area contributed by atoms with Crippen LogP contribution < -0.4 is 0 Å². The van der Waals surface area contributed by atoms with Gasteiger partial charge in [-0.2, -0.15) is 0 Å². The van der Waals surface area contributed by atoms with Gasteiger partial charge in [0.2, 0.25) is 0 Å². The summed E-state index contributed by atoms with van der Waals surface area (Å²) in [5, 5.41) is 1.77. The molecule has 0 spiro atoms. The molecule has 0 saturated carbocycles. The quantitative estimate of drug-likeness (QED) is 0.381. The van der Waals surface area contributed by atoms with Gasteiger partial charge in [0.05, 0.1) is 0 Å².